The minimum atomic E-state index is -0.605. The summed E-state index contributed by atoms with van der Waals surface area (Å²) in [5, 5.41) is 7.51. The highest BCUT2D eigenvalue weighted by molar-refractivity contribution is 9.09. The molecule has 182 valence electrons. The summed E-state index contributed by atoms with van der Waals surface area (Å²) in [6.45, 7) is 2.45. The Morgan fingerprint density at radius 1 is 0.800 bits per heavy atom. The second-order valence-corrected chi connectivity index (χ2v) is 9.54. The molecule has 0 atom stereocenters. The first kappa shape index (κ1) is 26.5. The van der Waals surface area contributed by atoms with Crippen LogP contribution in [0.4, 0.5) is 0 Å². The van der Waals surface area contributed by atoms with E-state index in [9.17, 15) is 19.2 Å². The normalized spacial score (nSPS) is 13.8. The molecule has 0 aliphatic heterocycles. The van der Waals surface area contributed by atoms with E-state index in [1.807, 2.05) is 12.1 Å². The van der Waals surface area contributed by atoms with Gasteiger partial charge in [-0.15, -0.1) is 0 Å². The molecule has 2 aromatic carbocycles. The number of benzene rings is 2. The zero-order valence-electron chi connectivity index (χ0n) is 19.2. The molecule has 0 bridgehead atoms. The fourth-order valence-corrected chi connectivity index (χ4v) is 4.12. The molecule has 0 radical (unpaired) electrons. The van der Waals surface area contributed by atoms with Gasteiger partial charge in [-0.05, 0) is 73.7 Å². The van der Waals surface area contributed by atoms with Crippen LogP contribution in [0, 0.1) is 5.92 Å². The Balaban J connectivity index is 1.66. The molecule has 2 aromatic rings. The van der Waals surface area contributed by atoms with Crippen LogP contribution in [0.15, 0.2) is 68.6 Å². The van der Waals surface area contributed by atoms with Crippen LogP contribution in [-0.4, -0.2) is 40.3 Å². The number of halogens is 1. The number of Topliss-reactive ketones (excluding diaryl/α,β-unsaturated/α-hetero) is 2. The van der Waals surface area contributed by atoms with Crippen LogP contribution in [0.2, 0.25) is 0 Å². The van der Waals surface area contributed by atoms with Crippen LogP contribution >= 0.6 is 27.7 Å². The van der Waals surface area contributed by atoms with Gasteiger partial charge < -0.3 is 9.68 Å². The Labute approximate surface area is 215 Å². The Bertz CT molecular complexity index is 1170. The van der Waals surface area contributed by atoms with E-state index in [4.69, 9.17) is 4.84 Å². The number of alkyl halides is 1. The molecule has 10 heteroatoms. The van der Waals surface area contributed by atoms with Gasteiger partial charge in [0.15, 0.2) is 0 Å². The molecule has 0 unspecified atom stereocenters. The fourth-order valence-electron chi connectivity index (χ4n) is 2.95. The first-order valence-corrected chi connectivity index (χ1v) is 12.7. The SMILES string of the molecule is CC(=O)O/N=C(\CBr)C(=O)c1ccc(Sc2ccc(C(=O)/C(CC3CC3)=N/OC(C)=O)cc2)cc1. The average Bonchev–Trinajstić information content (AvgIpc) is 3.66. The minimum Gasteiger partial charge on any atom is -0.318 e. The maximum atomic E-state index is 12.9. The van der Waals surface area contributed by atoms with E-state index in [0.717, 1.165) is 22.6 Å². The Hall–Kier alpha value is -3.11. The van der Waals surface area contributed by atoms with Crippen molar-refractivity contribution in [3.05, 3.63) is 59.7 Å². The van der Waals surface area contributed by atoms with Crippen LogP contribution in [-0.2, 0) is 19.3 Å². The number of hydrogen-bond donors (Lipinski definition) is 0. The zero-order chi connectivity index (χ0) is 25.4. The van der Waals surface area contributed by atoms with Gasteiger partial charge in [-0.1, -0.05) is 38.0 Å². The van der Waals surface area contributed by atoms with Gasteiger partial charge in [0.05, 0.1) is 5.33 Å². The monoisotopic (exact) mass is 558 g/mol. The first-order valence-electron chi connectivity index (χ1n) is 10.8. The standard InChI is InChI=1S/C25H23BrN2O6S/c1-15(29)33-27-22(13-17-3-4-17)24(31)18-5-9-20(10-6-18)35-21-11-7-19(8-12-21)25(32)23(14-26)28-34-16(2)30/h5-12,17H,3-4,13-14H2,1-2H3/b27-22+,28-23+. The molecule has 1 aliphatic carbocycles. The zero-order valence-corrected chi connectivity index (χ0v) is 21.6. The number of carbonyl (C=O) groups is 4. The Morgan fingerprint density at radius 3 is 1.63 bits per heavy atom. The van der Waals surface area contributed by atoms with Gasteiger partial charge in [0.25, 0.3) is 0 Å². The van der Waals surface area contributed by atoms with Gasteiger partial charge in [0.2, 0.25) is 11.6 Å². The molecule has 0 heterocycles. The maximum absolute atomic E-state index is 12.9. The molecular weight excluding hydrogens is 536 g/mol. The van der Waals surface area contributed by atoms with Crippen molar-refractivity contribution in [1.82, 2.24) is 0 Å². The van der Waals surface area contributed by atoms with Crippen LogP contribution in [0.3, 0.4) is 0 Å². The highest BCUT2D eigenvalue weighted by Gasteiger charge is 2.27. The largest absolute Gasteiger partial charge is 0.331 e. The van der Waals surface area contributed by atoms with Gasteiger partial charge in [0, 0.05) is 34.8 Å². The molecule has 1 aliphatic rings. The molecule has 1 fully saturated rings. The first-order chi connectivity index (χ1) is 16.8. The lowest BCUT2D eigenvalue weighted by Crippen LogP contribution is -2.17. The smallest absolute Gasteiger partial charge is 0.318 e. The highest BCUT2D eigenvalue weighted by atomic mass is 79.9. The van der Waals surface area contributed by atoms with Gasteiger partial charge >= 0.3 is 11.9 Å². The van der Waals surface area contributed by atoms with Crippen molar-refractivity contribution in [1.29, 1.82) is 0 Å². The van der Waals surface area contributed by atoms with E-state index in [-0.39, 0.29) is 28.3 Å². The molecule has 35 heavy (non-hydrogen) atoms. The molecule has 0 N–H and O–H groups in total. The molecule has 1 saturated carbocycles. The summed E-state index contributed by atoms with van der Waals surface area (Å²) < 4.78 is 0. The quantitative estimate of drug-likeness (QED) is 0.122. The maximum Gasteiger partial charge on any atom is 0.331 e. The second-order valence-electron chi connectivity index (χ2n) is 7.83. The summed E-state index contributed by atoms with van der Waals surface area (Å²) in [4.78, 5) is 58.5. The van der Waals surface area contributed by atoms with Gasteiger partial charge in [0.1, 0.15) is 11.4 Å². The Kier molecular flexibility index (Phi) is 9.50. The van der Waals surface area contributed by atoms with Crippen molar-refractivity contribution >= 4 is 62.6 Å². The molecule has 0 aromatic heterocycles. The van der Waals surface area contributed by atoms with E-state index in [1.54, 1.807) is 36.4 Å². The fraction of sp³-hybridized carbons (Fsp3) is 0.280. The van der Waals surface area contributed by atoms with Crippen molar-refractivity contribution in [3.8, 4) is 0 Å². The summed E-state index contributed by atoms with van der Waals surface area (Å²) in [6.07, 6.45) is 2.58. The third kappa shape index (κ3) is 8.25. The van der Waals surface area contributed by atoms with Crippen LogP contribution in [0.1, 0.15) is 53.8 Å². The third-order valence-corrected chi connectivity index (χ3v) is 6.41. The predicted molar refractivity (Wildman–Crippen MR) is 135 cm³/mol. The molecule has 8 nitrogen and oxygen atoms in total. The average molecular weight is 559 g/mol. The molecule has 0 amide bonds. The van der Waals surface area contributed by atoms with E-state index in [0.29, 0.717) is 23.5 Å². The topological polar surface area (TPSA) is 111 Å². The summed E-state index contributed by atoms with van der Waals surface area (Å²) in [7, 11) is 0. The van der Waals surface area contributed by atoms with Gasteiger partial charge in [-0.3, -0.25) is 9.59 Å². The lowest BCUT2D eigenvalue weighted by molar-refractivity contribution is -0.141. The van der Waals surface area contributed by atoms with Crippen molar-refractivity contribution in [2.75, 3.05) is 5.33 Å². The van der Waals surface area contributed by atoms with Crippen molar-refractivity contribution in [3.63, 3.8) is 0 Å². The van der Waals surface area contributed by atoms with E-state index < -0.39 is 11.9 Å². The van der Waals surface area contributed by atoms with E-state index in [2.05, 4.69) is 31.1 Å². The van der Waals surface area contributed by atoms with Gasteiger partial charge in [-0.2, -0.15) is 0 Å². The number of hydrogen-bond acceptors (Lipinski definition) is 9. The molecule has 0 saturated heterocycles. The summed E-state index contributed by atoms with van der Waals surface area (Å²) in [5.41, 5.74) is 1.22. The second kappa shape index (κ2) is 12.6. The lowest BCUT2D eigenvalue weighted by Gasteiger charge is -2.07. The molecule has 3 rings (SSSR count). The highest BCUT2D eigenvalue weighted by Crippen LogP contribution is 2.33. The van der Waals surface area contributed by atoms with Crippen molar-refractivity contribution < 1.29 is 28.9 Å². The summed E-state index contributed by atoms with van der Waals surface area (Å²) in [6, 6.07) is 14.0. The number of ketones is 2. The van der Waals surface area contributed by atoms with Crippen LogP contribution in [0.25, 0.3) is 0 Å². The number of carbonyl (C=O) groups excluding carboxylic acids is 4. The van der Waals surface area contributed by atoms with Crippen LogP contribution in [0.5, 0.6) is 0 Å². The number of rotatable bonds is 11. The Morgan fingerprint density at radius 2 is 1.23 bits per heavy atom. The van der Waals surface area contributed by atoms with E-state index in [1.165, 1.54) is 25.6 Å². The molecular formula is C25H23BrN2O6S. The van der Waals surface area contributed by atoms with Crippen molar-refractivity contribution in [2.24, 2.45) is 16.2 Å². The lowest BCUT2D eigenvalue weighted by atomic mass is 10.0. The summed E-state index contributed by atoms with van der Waals surface area (Å²) in [5.74, 6) is -1.36. The number of oxime groups is 2. The molecule has 0 spiro atoms. The predicted octanol–water partition coefficient (Wildman–Crippen LogP) is 5.24. The summed E-state index contributed by atoms with van der Waals surface area (Å²) >= 11 is 4.65. The van der Waals surface area contributed by atoms with Gasteiger partial charge in [-0.25, -0.2) is 9.59 Å². The van der Waals surface area contributed by atoms with Crippen LogP contribution < -0.4 is 0 Å². The van der Waals surface area contributed by atoms with Crippen molar-refractivity contribution in [2.45, 2.75) is 42.9 Å². The third-order valence-electron chi connectivity index (χ3n) is 4.87. The number of nitrogens with zero attached hydrogens (tertiary/aromatic N) is 2. The van der Waals surface area contributed by atoms with E-state index >= 15 is 0 Å². The minimum absolute atomic E-state index is 0.0826.